The maximum absolute atomic E-state index is 13.9. The van der Waals surface area contributed by atoms with Crippen LogP contribution in [0.1, 0.15) is 42.1 Å². The number of carbonyl (C=O) groups excluding carboxylic acids is 2. The van der Waals surface area contributed by atoms with E-state index in [9.17, 15) is 18.8 Å². The van der Waals surface area contributed by atoms with Crippen LogP contribution in [0.3, 0.4) is 0 Å². The molecule has 0 spiro atoms. The summed E-state index contributed by atoms with van der Waals surface area (Å²) < 4.78 is 16.4. The average Bonchev–Trinajstić information content (AvgIpc) is 3.34. The third-order valence-electron chi connectivity index (χ3n) is 6.41. The maximum atomic E-state index is 13.9. The van der Waals surface area contributed by atoms with E-state index in [1.54, 1.807) is 17.0 Å². The number of pyridine rings is 1. The predicted molar refractivity (Wildman–Crippen MR) is 137 cm³/mol. The van der Waals surface area contributed by atoms with Crippen molar-refractivity contribution in [1.82, 2.24) is 14.7 Å². The second kappa shape index (κ2) is 9.46. The van der Waals surface area contributed by atoms with Crippen molar-refractivity contribution < 1.29 is 18.5 Å². The zero-order valence-electron chi connectivity index (χ0n) is 20.7. The van der Waals surface area contributed by atoms with Gasteiger partial charge in [0.2, 0.25) is 0 Å². The fourth-order valence-electron chi connectivity index (χ4n) is 4.47. The molecule has 5 rings (SSSR count). The smallest absolute Gasteiger partial charge is 0.294 e. The fraction of sp³-hybridized carbons (Fsp3) is 0.172. The van der Waals surface area contributed by atoms with Gasteiger partial charge < -0.3 is 0 Å². The van der Waals surface area contributed by atoms with Crippen LogP contribution in [0.2, 0.25) is 0 Å². The summed E-state index contributed by atoms with van der Waals surface area (Å²) in [6.45, 7) is 5.79. The first-order valence-electron chi connectivity index (χ1n) is 12.0. The van der Waals surface area contributed by atoms with Crippen LogP contribution in [0.15, 0.2) is 83.9 Å². The lowest BCUT2D eigenvalue weighted by Gasteiger charge is -2.14. The molecular formula is C29H26FN4O3+. The number of nitrogens with one attached hydrogen (secondary N) is 1. The Hall–Kier alpha value is -4.59. The van der Waals surface area contributed by atoms with E-state index in [2.05, 4.69) is 5.10 Å². The van der Waals surface area contributed by atoms with Crippen LogP contribution in [-0.4, -0.2) is 26.5 Å². The van der Waals surface area contributed by atoms with Crippen LogP contribution in [0.5, 0.6) is 0 Å². The van der Waals surface area contributed by atoms with Gasteiger partial charge in [-0.05, 0) is 48.2 Å². The van der Waals surface area contributed by atoms with Gasteiger partial charge in [0.15, 0.2) is 12.4 Å². The molecule has 2 amide bonds. The Balaban J connectivity index is 1.74. The number of halogens is 1. The van der Waals surface area contributed by atoms with E-state index in [4.69, 9.17) is 0 Å². The van der Waals surface area contributed by atoms with Gasteiger partial charge in [-0.3, -0.25) is 24.4 Å². The summed E-state index contributed by atoms with van der Waals surface area (Å²) >= 11 is 0. The molecule has 2 aromatic heterocycles. The summed E-state index contributed by atoms with van der Waals surface area (Å²) in [6.07, 6.45) is 3.42. The van der Waals surface area contributed by atoms with Gasteiger partial charge in [0.1, 0.15) is 11.4 Å². The number of amides is 2. The first-order chi connectivity index (χ1) is 17.8. The molecule has 8 heteroatoms. The van der Waals surface area contributed by atoms with Gasteiger partial charge in [0.25, 0.3) is 17.2 Å². The number of rotatable bonds is 6. The molecule has 0 aliphatic carbocycles. The minimum Gasteiger partial charge on any atom is -0.294 e. The second-order valence-electron chi connectivity index (χ2n) is 9.36. The minimum absolute atomic E-state index is 0.0422. The van der Waals surface area contributed by atoms with Crippen LogP contribution in [0.4, 0.5) is 4.39 Å². The summed E-state index contributed by atoms with van der Waals surface area (Å²) in [5.41, 5.74) is 2.51. The van der Waals surface area contributed by atoms with Crippen molar-refractivity contribution in [3.05, 3.63) is 118 Å². The zero-order chi connectivity index (χ0) is 26.3. The van der Waals surface area contributed by atoms with Crippen molar-refractivity contribution in [3.8, 4) is 5.69 Å². The summed E-state index contributed by atoms with van der Waals surface area (Å²) in [5, 5.41) is 3.10. The first kappa shape index (κ1) is 24.1. The molecule has 7 nitrogen and oxygen atoms in total. The molecule has 1 aliphatic rings. The van der Waals surface area contributed by atoms with Crippen LogP contribution in [0, 0.1) is 12.7 Å². The number of hydrogen-bond donors (Lipinski definition) is 1. The highest BCUT2D eigenvalue weighted by Crippen LogP contribution is 2.33. The average molecular weight is 498 g/mol. The van der Waals surface area contributed by atoms with E-state index < -0.39 is 23.2 Å². The van der Waals surface area contributed by atoms with Crippen molar-refractivity contribution >= 4 is 23.1 Å². The fourth-order valence-corrected chi connectivity index (χ4v) is 4.47. The first-order valence-corrected chi connectivity index (χ1v) is 12.0. The summed E-state index contributed by atoms with van der Waals surface area (Å²) in [6, 6.07) is 18.4. The lowest BCUT2D eigenvalue weighted by atomic mass is 9.98. The third kappa shape index (κ3) is 4.31. The molecule has 37 heavy (non-hydrogen) atoms. The maximum Gasteiger partial charge on any atom is 0.327 e. The Morgan fingerprint density at radius 2 is 1.54 bits per heavy atom. The van der Waals surface area contributed by atoms with E-state index >= 15 is 0 Å². The molecule has 1 N–H and O–H groups in total. The van der Waals surface area contributed by atoms with E-state index in [0.717, 1.165) is 11.1 Å². The highest BCUT2D eigenvalue weighted by molar-refractivity contribution is 6.44. The number of carbonyl (C=O) groups is 2. The SMILES string of the molecule is Cc1cc[n+](C2=C(c3c(C(C)C)[nH]n(-c4ccc(F)cc4)c3=O)C(=O)N(Cc3ccccc3)C2=O)cc1. The molecule has 3 heterocycles. The standard InChI is InChI=1S/C29H25FN4O3/c1-18(2)25-23(28(36)34(31-25)22-11-9-21(30)10-12-22)24-26(32-15-13-19(3)14-16-32)29(37)33(27(24)35)17-20-7-5-4-6-8-20/h4-16,18H,17H2,1-3H3/p+1. The molecule has 0 radical (unpaired) electrons. The van der Waals surface area contributed by atoms with Gasteiger partial charge in [0, 0.05) is 17.8 Å². The van der Waals surface area contributed by atoms with Crippen LogP contribution in [-0.2, 0) is 16.1 Å². The minimum atomic E-state index is -0.541. The normalized spacial score (nSPS) is 13.8. The molecular weight excluding hydrogens is 471 g/mol. The lowest BCUT2D eigenvalue weighted by molar-refractivity contribution is -0.577. The van der Waals surface area contributed by atoms with E-state index in [1.807, 2.05) is 63.2 Å². The summed E-state index contributed by atoms with van der Waals surface area (Å²) in [5.74, 6) is -1.63. The van der Waals surface area contributed by atoms with Crippen molar-refractivity contribution in [1.29, 1.82) is 0 Å². The monoisotopic (exact) mass is 497 g/mol. The lowest BCUT2D eigenvalue weighted by Crippen LogP contribution is -2.39. The molecule has 0 atom stereocenters. The van der Waals surface area contributed by atoms with Gasteiger partial charge in [-0.15, -0.1) is 0 Å². The molecule has 0 bridgehead atoms. The van der Waals surface area contributed by atoms with Gasteiger partial charge in [-0.2, -0.15) is 4.57 Å². The summed E-state index contributed by atoms with van der Waals surface area (Å²) in [7, 11) is 0. The summed E-state index contributed by atoms with van der Waals surface area (Å²) in [4.78, 5) is 42.7. The quantitative estimate of drug-likeness (QED) is 0.324. The highest BCUT2D eigenvalue weighted by atomic mass is 19.1. The van der Waals surface area contributed by atoms with Gasteiger partial charge in [0.05, 0.1) is 17.8 Å². The largest absolute Gasteiger partial charge is 0.327 e. The number of benzene rings is 2. The Labute approximate surface area is 213 Å². The predicted octanol–water partition coefficient (Wildman–Crippen LogP) is 3.96. The molecule has 0 saturated carbocycles. The zero-order valence-corrected chi connectivity index (χ0v) is 20.7. The van der Waals surface area contributed by atoms with Gasteiger partial charge >= 0.3 is 5.91 Å². The van der Waals surface area contributed by atoms with Crippen molar-refractivity contribution in [2.75, 3.05) is 0 Å². The van der Waals surface area contributed by atoms with E-state index in [-0.39, 0.29) is 29.3 Å². The van der Waals surface area contributed by atoms with E-state index in [0.29, 0.717) is 11.4 Å². The number of nitrogens with zero attached hydrogens (tertiary/aromatic N) is 3. The second-order valence-corrected chi connectivity index (χ2v) is 9.36. The third-order valence-corrected chi connectivity index (χ3v) is 6.41. The number of hydrogen-bond acceptors (Lipinski definition) is 3. The number of aryl methyl sites for hydroxylation is 1. The Morgan fingerprint density at radius 1 is 0.892 bits per heavy atom. The van der Waals surface area contributed by atoms with Crippen molar-refractivity contribution in [2.45, 2.75) is 33.2 Å². The van der Waals surface area contributed by atoms with Crippen LogP contribution < -0.4 is 10.1 Å². The Kier molecular flexibility index (Phi) is 6.17. The number of H-pyrrole nitrogens is 1. The van der Waals surface area contributed by atoms with Crippen LogP contribution >= 0.6 is 0 Å². The van der Waals surface area contributed by atoms with Crippen molar-refractivity contribution in [2.24, 2.45) is 0 Å². The van der Waals surface area contributed by atoms with Gasteiger partial charge in [-0.1, -0.05) is 44.2 Å². The number of aromatic nitrogens is 3. The number of imide groups is 1. The molecule has 1 aliphatic heterocycles. The van der Waals surface area contributed by atoms with Gasteiger partial charge in [-0.25, -0.2) is 9.07 Å². The van der Waals surface area contributed by atoms with Crippen LogP contribution in [0.25, 0.3) is 17.0 Å². The highest BCUT2D eigenvalue weighted by Gasteiger charge is 2.47. The molecule has 0 unspecified atom stereocenters. The Bertz CT molecular complexity index is 1580. The molecule has 4 aromatic rings. The molecule has 0 saturated heterocycles. The topological polar surface area (TPSA) is 79.1 Å². The molecule has 2 aromatic carbocycles. The molecule has 0 fully saturated rings. The molecule has 186 valence electrons. The number of aromatic amines is 1. The van der Waals surface area contributed by atoms with Crippen molar-refractivity contribution in [3.63, 3.8) is 0 Å². The Morgan fingerprint density at radius 3 is 2.16 bits per heavy atom. The van der Waals surface area contributed by atoms with E-state index in [1.165, 1.54) is 33.8 Å².